The molecule has 0 saturated carbocycles. The molecule has 0 saturated heterocycles. The van der Waals surface area contributed by atoms with Gasteiger partial charge in [0.2, 0.25) is 0 Å². The fourth-order valence-corrected chi connectivity index (χ4v) is 2.19. The third-order valence-electron chi connectivity index (χ3n) is 3.23. The molecular weight excluding hydrogens is 300 g/mol. The third-order valence-corrected chi connectivity index (χ3v) is 3.50. The molecule has 0 aliphatic heterocycles. The minimum absolute atomic E-state index is 0.667. The quantitative estimate of drug-likeness (QED) is 0.352. The minimum Gasteiger partial charge on any atom is -0.379 e. The summed E-state index contributed by atoms with van der Waals surface area (Å²) in [5.41, 5.74) is 1.21. The van der Waals surface area contributed by atoms with Crippen LogP contribution in [0, 0.1) is 0 Å². The highest BCUT2D eigenvalue weighted by atomic mass is 35.5. The van der Waals surface area contributed by atoms with Crippen molar-refractivity contribution in [3.63, 3.8) is 0 Å². The molecule has 4 heteroatoms. The number of halogens is 1. The molecule has 0 heterocycles. The Bertz CT molecular complexity index is 332. The Balaban J connectivity index is 1.73. The topological polar surface area (TPSA) is 27.7 Å². The van der Waals surface area contributed by atoms with E-state index < -0.39 is 0 Å². The molecule has 0 amide bonds. The standard InChI is InChI=1S/C18H29ClO3/c19-11-6-1-2-7-12-20-15-16-21-13-8-14-22-17-18-9-4-3-5-10-18/h3-5,9-10H,1-2,6-8,11-17H2. The van der Waals surface area contributed by atoms with Crippen LogP contribution in [0.3, 0.4) is 0 Å². The lowest BCUT2D eigenvalue weighted by Crippen LogP contribution is -2.07. The Morgan fingerprint density at radius 1 is 0.636 bits per heavy atom. The Labute approximate surface area is 139 Å². The van der Waals surface area contributed by atoms with Gasteiger partial charge in [-0.1, -0.05) is 43.2 Å². The number of hydrogen-bond donors (Lipinski definition) is 0. The van der Waals surface area contributed by atoms with E-state index in [1.54, 1.807) is 0 Å². The molecule has 0 N–H and O–H groups in total. The first-order valence-corrected chi connectivity index (χ1v) is 8.80. The van der Waals surface area contributed by atoms with Crippen LogP contribution in [0.15, 0.2) is 30.3 Å². The molecule has 0 radical (unpaired) electrons. The summed E-state index contributed by atoms with van der Waals surface area (Å²) in [4.78, 5) is 0. The van der Waals surface area contributed by atoms with E-state index in [4.69, 9.17) is 25.8 Å². The van der Waals surface area contributed by atoms with Gasteiger partial charge in [-0.25, -0.2) is 0 Å². The summed E-state index contributed by atoms with van der Waals surface area (Å²) in [5.74, 6) is 0.768. The van der Waals surface area contributed by atoms with Gasteiger partial charge in [0.1, 0.15) is 0 Å². The Hall–Kier alpha value is -0.610. The molecule has 126 valence electrons. The van der Waals surface area contributed by atoms with Crippen LogP contribution in [0.1, 0.15) is 37.7 Å². The molecule has 0 unspecified atom stereocenters. The number of unbranched alkanes of at least 4 members (excludes halogenated alkanes) is 3. The molecule has 1 aromatic rings. The fourth-order valence-electron chi connectivity index (χ4n) is 2.00. The van der Waals surface area contributed by atoms with Gasteiger partial charge < -0.3 is 14.2 Å². The van der Waals surface area contributed by atoms with Crippen LogP contribution < -0.4 is 0 Å². The highest BCUT2D eigenvalue weighted by molar-refractivity contribution is 6.17. The van der Waals surface area contributed by atoms with E-state index in [1.165, 1.54) is 18.4 Å². The van der Waals surface area contributed by atoms with Gasteiger partial charge in [0.25, 0.3) is 0 Å². The summed E-state index contributed by atoms with van der Waals surface area (Å²) in [6.45, 7) is 4.31. The number of alkyl halides is 1. The summed E-state index contributed by atoms with van der Waals surface area (Å²) in [6, 6.07) is 10.2. The van der Waals surface area contributed by atoms with Crippen molar-refractivity contribution in [1.29, 1.82) is 0 Å². The molecular formula is C18H29ClO3. The average Bonchev–Trinajstić information content (AvgIpc) is 2.56. The second kappa shape index (κ2) is 15.3. The third kappa shape index (κ3) is 12.0. The molecule has 0 aromatic heterocycles. The van der Waals surface area contributed by atoms with Gasteiger partial charge in [-0.3, -0.25) is 0 Å². The molecule has 1 rings (SSSR count). The van der Waals surface area contributed by atoms with Crippen LogP contribution >= 0.6 is 11.6 Å². The maximum absolute atomic E-state index is 5.62. The number of hydrogen-bond acceptors (Lipinski definition) is 3. The Morgan fingerprint density at radius 2 is 1.27 bits per heavy atom. The van der Waals surface area contributed by atoms with Gasteiger partial charge in [0, 0.05) is 25.7 Å². The van der Waals surface area contributed by atoms with Crippen molar-refractivity contribution in [1.82, 2.24) is 0 Å². The first-order chi connectivity index (χ1) is 10.9. The van der Waals surface area contributed by atoms with Gasteiger partial charge >= 0.3 is 0 Å². The molecule has 0 atom stereocenters. The predicted molar refractivity (Wildman–Crippen MR) is 91.5 cm³/mol. The van der Waals surface area contributed by atoms with Crippen molar-refractivity contribution in [3.8, 4) is 0 Å². The van der Waals surface area contributed by atoms with Gasteiger partial charge in [0.05, 0.1) is 19.8 Å². The van der Waals surface area contributed by atoms with Crippen molar-refractivity contribution >= 4 is 11.6 Å². The highest BCUT2D eigenvalue weighted by Gasteiger charge is 1.94. The number of benzene rings is 1. The van der Waals surface area contributed by atoms with Crippen LogP contribution in [-0.4, -0.2) is 38.9 Å². The second-order valence-electron chi connectivity index (χ2n) is 5.22. The van der Waals surface area contributed by atoms with Gasteiger partial charge in [-0.05, 0) is 24.8 Å². The second-order valence-corrected chi connectivity index (χ2v) is 5.60. The molecule has 0 aliphatic carbocycles. The van der Waals surface area contributed by atoms with Crippen LogP contribution in [0.4, 0.5) is 0 Å². The molecule has 0 bridgehead atoms. The molecule has 1 aromatic carbocycles. The lowest BCUT2D eigenvalue weighted by atomic mass is 10.2. The molecule has 0 spiro atoms. The maximum atomic E-state index is 5.62. The van der Waals surface area contributed by atoms with Crippen molar-refractivity contribution in [2.75, 3.05) is 38.9 Å². The number of rotatable bonds is 15. The van der Waals surface area contributed by atoms with E-state index in [0.717, 1.165) is 45.0 Å². The monoisotopic (exact) mass is 328 g/mol. The van der Waals surface area contributed by atoms with Gasteiger partial charge in [-0.2, -0.15) is 0 Å². The zero-order valence-electron chi connectivity index (χ0n) is 13.5. The van der Waals surface area contributed by atoms with Gasteiger partial charge in [-0.15, -0.1) is 11.6 Å². The van der Waals surface area contributed by atoms with E-state index >= 15 is 0 Å². The van der Waals surface area contributed by atoms with Crippen LogP contribution in [0.25, 0.3) is 0 Å². The average molecular weight is 329 g/mol. The van der Waals surface area contributed by atoms with Crippen molar-refractivity contribution in [2.45, 2.75) is 38.7 Å². The molecule has 22 heavy (non-hydrogen) atoms. The van der Waals surface area contributed by atoms with E-state index in [9.17, 15) is 0 Å². The van der Waals surface area contributed by atoms with Crippen LogP contribution in [-0.2, 0) is 20.8 Å². The first-order valence-electron chi connectivity index (χ1n) is 8.26. The SMILES string of the molecule is ClCCCCCCOCCOCCCOCc1ccccc1. The van der Waals surface area contributed by atoms with Gasteiger partial charge in [0.15, 0.2) is 0 Å². The van der Waals surface area contributed by atoms with Crippen LogP contribution in [0.5, 0.6) is 0 Å². The smallest absolute Gasteiger partial charge is 0.0716 e. The van der Waals surface area contributed by atoms with E-state index in [2.05, 4.69) is 12.1 Å². The molecule has 0 aliphatic rings. The predicted octanol–water partition coefficient (Wildman–Crippen LogP) is 4.43. The van der Waals surface area contributed by atoms with E-state index in [-0.39, 0.29) is 0 Å². The Morgan fingerprint density at radius 3 is 2.00 bits per heavy atom. The maximum Gasteiger partial charge on any atom is 0.0716 e. The largest absolute Gasteiger partial charge is 0.379 e. The molecule has 3 nitrogen and oxygen atoms in total. The van der Waals surface area contributed by atoms with E-state index in [1.807, 2.05) is 18.2 Å². The zero-order chi connectivity index (χ0) is 15.7. The summed E-state index contributed by atoms with van der Waals surface area (Å²) >= 11 is 5.62. The summed E-state index contributed by atoms with van der Waals surface area (Å²) in [7, 11) is 0. The normalized spacial score (nSPS) is 11.0. The lowest BCUT2D eigenvalue weighted by Gasteiger charge is -2.07. The minimum atomic E-state index is 0.667. The lowest BCUT2D eigenvalue weighted by molar-refractivity contribution is 0.0328. The summed E-state index contributed by atoms with van der Waals surface area (Å²) < 4.78 is 16.6. The van der Waals surface area contributed by atoms with Crippen LogP contribution in [0.2, 0.25) is 0 Å². The highest BCUT2D eigenvalue weighted by Crippen LogP contribution is 2.02. The number of ether oxygens (including phenoxy) is 3. The summed E-state index contributed by atoms with van der Waals surface area (Å²) in [6.07, 6.45) is 5.55. The van der Waals surface area contributed by atoms with Crippen molar-refractivity contribution in [2.24, 2.45) is 0 Å². The fraction of sp³-hybridized carbons (Fsp3) is 0.667. The zero-order valence-corrected chi connectivity index (χ0v) is 14.2. The first kappa shape index (κ1) is 19.4. The van der Waals surface area contributed by atoms with E-state index in [0.29, 0.717) is 19.8 Å². The summed E-state index contributed by atoms with van der Waals surface area (Å²) in [5, 5.41) is 0. The Kier molecular flexibility index (Phi) is 13.5. The van der Waals surface area contributed by atoms with Crippen molar-refractivity contribution in [3.05, 3.63) is 35.9 Å². The van der Waals surface area contributed by atoms with Crippen molar-refractivity contribution < 1.29 is 14.2 Å². The molecule has 0 fully saturated rings.